The molecule has 2 aromatic carbocycles. The molecule has 1 aliphatic rings. The van der Waals surface area contributed by atoms with Crippen molar-refractivity contribution in [3.05, 3.63) is 35.4 Å². The lowest BCUT2D eigenvalue weighted by Crippen LogP contribution is -1.99. The first kappa shape index (κ1) is 10.6. The van der Waals surface area contributed by atoms with Gasteiger partial charge in [0.15, 0.2) is 0 Å². The van der Waals surface area contributed by atoms with E-state index in [-0.39, 0.29) is 4.90 Å². The highest BCUT2D eigenvalue weighted by atomic mass is 32.2. The first-order valence-electron chi connectivity index (χ1n) is 5.28. The van der Waals surface area contributed by atoms with E-state index >= 15 is 0 Å². The summed E-state index contributed by atoms with van der Waals surface area (Å²) < 4.78 is 31.5. The van der Waals surface area contributed by atoms with Crippen LogP contribution in [-0.4, -0.2) is 13.0 Å². The molecule has 0 heterocycles. The molecule has 0 aromatic heterocycles. The third kappa shape index (κ3) is 1.50. The largest absolute Gasteiger partial charge is 0.398 e. The Balaban J connectivity index is 2.48. The molecular formula is C12H11NO3S. The predicted octanol–water partition coefficient (Wildman–Crippen LogP) is 1.77. The Hall–Kier alpha value is -1.59. The SMILES string of the molecule is Nc1ccc2c3c(cc(S(=O)(=O)O)cc13)CC2. The van der Waals surface area contributed by atoms with E-state index in [1.54, 1.807) is 6.07 Å². The third-order valence-electron chi connectivity index (χ3n) is 3.25. The minimum absolute atomic E-state index is 0.0780. The molecule has 3 rings (SSSR count). The van der Waals surface area contributed by atoms with Crippen LogP contribution < -0.4 is 5.73 Å². The van der Waals surface area contributed by atoms with Crippen molar-refractivity contribution < 1.29 is 13.0 Å². The zero-order valence-electron chi connectivity index (χ0n) is 8.97. The van der Waals surface area contributed by atoms with E-state index in [4.69, 9.17) is 10.3 Å². The van der Waals surface area contributed by atoms with Crippen LogP contribution in [0.1, 0.15) is 11.1 Å². The van der Waals surface area contributed by atoms with Gasteiger partial charge in [-0.2, -0.15) is 8.42 Å². The minimum Gasteiger partial charge on any atom is -0.398 e. The number of nitrogen functional groups attached to an aromatic ring is 1. The molecule has 0 saturated heterocycles. The first-order valence-corrected chi connectivity index (χ1v) is 6.72. The highest BCUT2D eigenvalue weighted by Crippen LogP contribution is 2.35. The summed E-state index contributed by atoms with van der Waals surface area (Å²) in [6.07, 6.45) is 1.68. The normalized spacial score (nSPS) is 14.4. The van der Waals surface area contributed by atoms with E-state index in [0.29, 0.717) is 11.1 Å². The lowest BCUT2D eigenvalue weighted by molar-refractivity contribution is 0.483. The molecule has 0 saturated carbocycles. The van der Waals surface area contributed by atoms with Crippen LogP contribution in [0.3, 0.4) is 0 Å². The number of hydrogen-bond acceptors (Lipinski definition) is 3. The van der Waals surface area contributed by atoms with Gasteiger partial charge in [-0.1, -0.05) is 6.07 Å². The molecule has 0 fully saturated rings. The molecule has 0 amide bonds. The van der Waals surface area contributed by atoms with Crippen LogP contribution >= 0.6 is 0 Å². The van der Waals surface area contributed by atoms with Crippen LogP contribution in [0.25, 0.3) is 10.8 Å². The van der Waals surface area contributed by atoms with Crippen LogP contribution in [0.2, 0.25) is 0 Å². The van der Waals surface area contributed by atoms with Gasteiger partial charge < -0.3 is 5.73 Å². The van der Waals surface area contributed by atoms with E-state index < -0.39 is 10.1 Å². The second-order valence-corrected chi connectivity index (χ2v) is 5.72. The van der Waals surface area contributed by atoms with Crippen LogP contribution in [0.15, 0.2) is 29.2 Å². The highest BCUT2D eigenvalue weighted by Gasteiger charge is 2.20. The van der Waals surface area contributed by atoms with Crippen LogP contribution in [-0.2, 0) is 23.0 Å². The molecule has 88 valence electrons. The Morgan fingerprint density at radius 3 is 2.53 bits per heavy atom. The molecule has 17 heavy (non-hydrogen) atoms. The highest BCUT2D eigenvalue weighted by molar-refractivity contribution is 7.85. The maximum absolute atomic E-state index is 11.2. The summed E-state index contributed by atoms with van der Waals surface area (Å²) >= 11 is 0. The smallest absolute Gasteiger partial charge is 0.294 e. The number of aryl methyl sites for hydroxylation is 2. The summed E-state index contributed by atoms with van der Waals surface area (Å²) in [7, 11) is -4.18. The molecule has 3 N–H and O–H groups in total. The maximum atomic E-state index is 11.2. The predicted molar refractivity (Wildman–Crippen MR) is 65.6 cm³/mol. The van der Waals surface area contributed by atoms with Gasteiger partial charge in [-0.05, 0) is 47.6 Å². The molecular weight excluding hydrogens is 238 g/mol. The quantitative estimate of drug-likeness (QED) is 0.596. The summed E-state index contributed by atoms with van der Waals surface area (Å²) in [6.45, 7) is 0. The second kappa shape index (κ2) is 3.21. The van der Waals surface area contributed by atoms with Crippen molar-refractivity contribution in [1.29, 1.82) is 0 Å². The van der Waals surface area contributed by atoms with Gasteiger partial charge in [-0.15, -0.1) is 0 Å². The Kier molecular flexibility index (Phi) is 1.99. The summed E-state index contributed by atoms with van der Waals surface area (Å²) in [5.74, 6) is 0. The molecule has 4 nitrogen and oxygen atoms in total. The maximum Gasteiger partial charge on any atom is 0.294 e. The number of hydrogen-bond donors (Lipinski definition) is 2. The fourth-order valence-corrected chi connectivity index (χ4v) is 3.03. The third-order valence-corrected chi connectivity index (χ3v) is 4.08. The molecule has 0 spiro atoms. The summed E-state index contributed by atoms with van der Waals surface area (Å²) in [6, 6.07) is 6.73. The van der Waals surface area contributed by atoms with Crippen LogP contribution in [0.5, 0.6) is 0 Å². The average molecular weight is 249 g/mol. The van der Waals surface area contributed by atoms with Crippen molar-refractivity contribution in [2.45, 2.75) is 17.7 Å². The average Bonchev–Trinajstić information content (AvgIpc) is 2.66. The van der Waals surface area contributed by atoms with Gasteiger partial charge in [0.1, 0.15) is 0 Å². The Labute approximate surface area is 98.8 Å². The van der Waals surface area contributed by atoms with Gasteiger partial charge in [0.05, 0.1) is 4.90 Å². The van der Waals surface area contributed by atoms with Crippen molar-refractivity contribution in [1.82, 2.24) is 0 Å². The zero-order chi connectivity index (χ0) is 12.2. The molecule has 1 aliphatic carbocycles. The van der Waals surface area contributed by atoms with Crippen molar-refractivity contribution in [2.75, 3.05) is 5.73 Å². The topological polar surface area (TPSA) is 80.4 Å². The Morgan fingerprint density at radius 2 is 1.82 bits per heavy atom. The molecule has 0 bridgehead atoms. The van der Waals surface area contributed by atoms with Crippen molar-refractivity contribution >= 4 is 26.6 Å². The van der Waals surface area contributed by atoms with Crippen molar-refractivity contribution in [3.8, 4) is 0 Å². The van der Waals surface area contributed by atoms with Crippen molar-refractivity contribution in [2.24, 2.45) is 0 Å². The van der Waals surface area contributed by atoms with E-state index in [0.717, 1.165) is 23.8 Å². The van der Waals surface area contributed by atoms with Gasteiger partial charge in [0.2, 0.25) is 0 Å². The van der Waals surface area contributed by atoms with Gasteiger partial charge in [-0.25, -0.2) is 0 Å². The molecule has 2 aromatic rings. The fraction of sp³-hybridized carbons (Fsp3) is 0.167. The van der Waals surface area contributed by atoms with Gasteiger partial charge in [-0.3, -0.25) is 4.55 Å². The number of benzene rings is 2. The Morgan fingerprint density at radius 1 is 1.12 bits per heavy atom. The fourth-order valence-electron chi connectivity index (χ4n) is 2.47. The van der Waals surface area contributed by atoms with Gasteiger partial charge in [0.25, 0.3) is 10.1 Å². The lowest BCUT2D eigenvalue weighted by atomic mass is 10.0. The molecule has 0 aliphatic heterocycles. The second-order valence-electron chi connectivity index (χ2n) is 4.29. The Bertz CT molecular complexity index is 735. The van der Waals surface area contributed by atoms with Crippen LogP contribution in [0.4, 0.5) is 5.69 Å². The van der Waals surface area contributed by atoms with E-state index in [2.05, 4.69) is 0 Å². The summed E-state index contributed by atoms with van der Waals surface area (Å²) in [4.78, 5) is -0.0780. The first-order chi connectivity index (χ1) is 7.97. The summed E-state index contributed by atoms with van der Waals surface area (Å²) in [5.41, 5.74) is 8.52. The lowest BCUT2D eigenvalue weighted by Gasteiger charge is -2.07. The van der Waals surface area contributed by atoms with E-state index in [1.807, 2.05) is 6.07 Å². The summed E-state index contributed by atoms with van der Waals surface area (Å²) in [5, 5.41) is 1.75. The van der Waals surface area contributed by atoms with Crippen molar-refractivity contribution in [3.63, 3.8) is 0 Å². The molecule has 5 heteroatoms. The number of rotatable bonds is 1. The molecule has 0 radical (unpaired) electrons. The van der Waals surface area contributed by atoms with Crippen LogP contribution in [0, 0.1) is 0 Å². The van der Waals surface area contributed by atoms with E-state index in [1.165, 1.54) is 17.7 Å². The number of anilines is 1. The molecule has 0 unspecified atom stereocenters. The zero-order valence-corrected chi connectivity index (χ0v) is 9.79. The van der Waals surface area contributed by atoms with Gasteiger partial charge >= 0.3 is 0 Å². The standard InChI is InChI=1S/C12H11NO3S/c13-11-4-3-7-1-2-8-5-9(17(14,15)16)6-10(11)12(7)8/h3-6H,1-2,13H2,(H,14,15,16). The van der Waals surface area contributed by atoms with Gasteiger partial charge in [0, 0.05) is 11.1 Å². The number of nitrogens with two attached hydrogens (primary N) is 1. The minimum atomic E-state index is -4.18. The monoisotopic (exact) mass is 249 g/mol. The van der Waals surface area contributed by atoms with E-state index in [9.17, 15) is 8.42 Å². The molecule has 0 atom stereocenters.